The van der Waals surface area contributed by atoms with Gasteiger partial charge in [0.05, 0.1) is 11.3 Å². The Morgan fingerprint density at radius 2 is 1.81 bits per heavy atom. The Morgan fingerprint density at radius 1 is 1.10 bits per heavy atom. The fraction of sp³-hybridized carbons (Fsp3) is 0. The van der Waals surface area contributed by atoms with Gasteiger partial charge in [-0.3, -0.25) is 9.59 Å². The Bertz CT molecular complexity index is 697. The van der Waals surface area contributed by atoms with E-state index in [9.17, 15) is 9.59 Å². The highest BCUT2D eigenvalue weighted by molar-refractivity contribution is 14.1. The summed E-state index contributed by atoms with van der Waals surface area (Å²) in [5.74, 6) is -0.890. The van der Waals surface area contributed by atoms with E-state index < -0.39 is 5.91 Å². The van der Waals surface area contributed by atoms with E-state index in [1.54, 1.807) is 24.3 Å². The molecule has 2 aromatic carbocycles. The molecule has 0 aromatic heterocycles. The van der Waals surface area contributed by atoms with Crippen molar-refractivity contribution in [2.45, 2.75) is 0 Å². The maximum atomic E-state index is 11.9. The highest BCUT2D eigenvalue weighted by Crippen LogP contribution is 2.18. The lowest BCUT2D eigenvalue weighted by molar-refractivity contribution is -0.111. The van der Waals surface area contributed by atoms with Gasteiger partial charge in [-0.1, -0.05) is 30.3 Å². The average Bonchev–Trinajstić information content (AvgIpc) is 2.48. The molecule has 5 heteroatoms. The van der Waals surface area contributed by atoms with Gasteiger partial charge in [-0.25, -0.2) is 0 Å². The number of carbonyl (C=O) groups excluding carboxylic acids is 2. The average molecular weight is 392 g/mol. The van der Waals surface area contributed by atoms with Gasteiger partial charge in [0.1, 0.15) is 0 Å². The normalized spacial score (nSPS) is 10.5. The van der Waals surface area contributed by atoms with Crippen molar-refractivity contribution in [3.05, 3.63) is 69.3 Å². The van der Waals surface area contributed by atoms with E-state index in [-0.39, 0.29) is 5.91 Å². The number of nitrogens with one attached hydrogen (secondary N) is 1. The number of amides is 2. The van der Waals surface area contributed by atoms with Crippen molar-refractivity contribution in [3.8, 4) is 0 Å². The molecule has 0 bridgehead atoms. The first-order valence-corrected chi connectivity index (χ1v) is 7.27. The molecule has 21 heavy (non-hydrogen) atoms. The highest BCUT2D eigenvalue weighted by atomic mass is 127. The van der Waals surface area contributed by atoms with Gasteiger partial charge in [-0.05, 0) is 52.4 Å². The van der Waals surface area contributed by atoms with Crippen LogP contribution in [0, 0.1) is 3.57 Å². The van der Waals surface area contributed by atoms with Gasteiger partial charge in [0.25, 0.3) is 5.91 Å². The minimum atomic E-state index is -0.573. The van der Waals surface area contributed by atoms with Gasteiger partial charge in [0.2, 0.25) is 5.91 Å². The molecular formula is C16H13IN2O2. The minimum Gasteiger partial charge on any atom is -0.366 e. The van der Waals surface area contributed by atoms with Crippen LogP contribution in [0.1, 0.15) is 15.9 Å². The Morgan fingerprint density at radius 3 is 2.48 bits per heavy atom. The molecule has 0 radical (unpaired) electrons. The third-order valence-corrected chi connectivity index (χ3v) is 3.40. The molecule has 0 aliphatic heterocycles. The first-order valence-electron chi connectivity index (χ1n) is 6.20. The van der Waals surface area contributed by atoms with Crippen LogP contribution >= 0.6 is 22.6 Å². The summed E-state index contributed by atoms with van der Waals surface area (Å²) in [5, 5.41) is 2.66. The number of anilines is 1. The van der Waals surface area contributed by atoms with Gasteiger partial charge in [0, 0.05) is 9.65 Å². The fourth-order valence-electron chi connectivity index (χ4n) is 1.74. The van der Waals surface area contributed by atoms with Crippen LogP contribution in [0.5, 0.6) is 0 Å². The van der Waals surface area contributed by atoms with Crippen molar-refractivity contribution in [3.63, 3.8) is 0 Å². The van der Waals surface area contributed by atoms with Crippen LogP contribution in [-0.2, 0) is 4.79 Å². The van der Waals surface area contributed by atoms with Crippen LogP contribution in [0.25, 0.3) is 6.08 Å². The van der Waals surface area contributed by atoms with Crippen molar-refractivity contribution in [1.82, 2.24) is 0 Å². The van der Waals surface area contributed by atoms with Crippen LogP contribution in [-0.4, -0.2) is 11.8 Å². The summed E-state index contributed by atoms with van der Waals surface area (Å²) >= 11 is 2.08. The van der Waals surface area contributed by atoms with Crippen molar-refractivity contribution in [2.75, 3.05) is 5.32 Å². The monoisotopic (exact) mass is 392 g/mol. The van der Waals surface area contributed by atoms with Gasteiger partial charge in [0.15, 0.2) is 0 Å². The molecule has 0 saturated carbocycles. The van der Waals surface area contributed by atoms with E-state index in [1.807, 2.05) is 30.3 Å². The number of benzene rings is 2. The van der Waals surface area contributed by atoms with E-state index in [2.05, 4.69) is 27.9 Å². The Balaban J connectivity index is 2.13. The zero-order valence-electron chi connectivity index (χ0n) is 11.0. The summed E-state index contributed by atoms with van der Waals surface area (Å²) in [6.45, 7) is 0. The quantitative estimate of drug-likeness (QED) is 0.620. The molecule has 0 saturated heterocycles. The van der Waals surface area contributed by atoms with E-state index in [4.69, 9.17) is 5.73 Å². The molecule has 2 amide bonds. The van der Waals surface area contributed by atoms with Crippen molar-refractivity contribution < 1.29 is 9.59 Å². The van der Waals surface area contributed by atoms with Gasteiger partial charge in [-0.15, -0.1) is 0 Å². The largest absolute Gasteiger partial charge is 0.366 e. The predicted molar refractivity (Wildman–Crippen MR) is 91.8 cm³/mol. The van der Waals surface area contributed by atoms with E-state index in [0.717, 1.165) is 9.13 Å². The second-order valence-corrected chi connectivity index (χ2v) is 5.53. The highest BCUT2D eigenvalue weighted by Gasteiger charge is 2.10. The zero-order valence-corrected chi connectivity index (χ0v) is 13.2. The standard InChI is InChI=1S/C16H13IN2O2/c17-12-7-8-14(13(10-12)16(18)21)19-15(20)9-6-11-4-2-1-3-5-11/h1-10H,(H2,18,21)(H,19,20)/b9-6+. The van der Waals surface area contributed by atoms with Crippen LogP contribution in [0.2, 0.25) is 0 Å². The molecule has 2 aromatic rings. The number of nitrogens with two attached hydrogens (primary N) is 1. The fourth-order valence-corrected chi connectivity index (χ4v) is 2.23. The molecule has 0 heterocycles. The van der Waals surface area contributed by atoms with Gasteiger partial charge < -0.3 is 11.1 Å². The summed E-state index contributed by atoms with van der Waals surface area (Å²) in [6.07, 6.45) is 3.12. The smallest absolute Gasteiger partial charge is 0.250 e. The van der Waals surface area contributed by atoms with E-state index in [0.29, 0.717) is 11.3 Å². The summed E-state index contributed by atoms with van der Waals surface area (Å²) in [6, 6.07) is 14.6. The summed E-state index contributed by atoms with van der Waals surface area (Å²) in [5.41, 5.74) is 6.94. The summed E-state index contributed by atoms with van der Waals surface area (Å²) < 4.78 is 0.874. The Kier molecular flexibility index (Phi) is 5.10. The van der Waals surface area contributed by atoms with Crippen molar-refractivity contribution >= 4 is 46.2 Å². The molecular weight excluding hydrogens is 379 g/mol. The summed E-state index contributed by atoms with van der Waals surface area (Å²) in [4.78, 5) is 23.3. The Labute approximate surface area is 136 Å². The number of hydrogen-bond acceptors (Lipinski definition) is 2. The molecule has 0 atom stereocenters. The molecule has 3 N–H and O–H groups in total. The third kappa shape index (κ3) is 4.42. The van der Waals surface area contributed by atoms with Crippen LogP contribution in [0.4, 0.5) is 5.69 Å². The number of rotatable bonds is 4. The first kappa shape index (κ1) is 15.2. The lowest BCUT2D eigenvalue weighted by Crippen LogP contribution is -2.17. The molecule has 0 spiro atoms. The summed E-state index contributed by atoms with van der Waals surface area (Å²) in [7, 11) is 0. The number of halogens is 1. The topological polar surface area (TPSA) is 72.2 Å². The third-order valence-electron chi connectivity index (χ3n) is 2.73. The molecule has 0 aliphatic rings. The molecule has 0 unspecified atom stereocenters. The molecule has 106 valence electrons. The molecule has 4 nitrogen and oxygen atoms in total. The zero-order chi connectivity index (χ0) is 15.2. The Hall–Kier alpha value is -2.15. The second kappa shape index (κ2) is 7.03. The second-order valence-electron chi connectivity index (χ2n) is 4.29. The molecule has 2 rings (SSSR count). The van der Waals surface area contributed by atoms with Crippen molar-refractivity contribution in [2.24, 2.45) is 5.73 Å². The maximum Gasteiger partial charge on any atom is 0.250 e. The first-order chi connectivity index (χ1) is 10.1. The molecule has 0 fully saturated rings. The number of primary amides is 1. The maximum absolute atomic E-state index is 11.9. The lowest BCUT2D eigenvalue weighted by atomic mass is 10.1. The van der Waals surface area contributed by atoms with Gasteiger partial charge >= 0.3 is 0 Å². The minimum absolute atomic E-state index is 0.295. The van der Waals surface area contributed by atoms with Crippen LogP contribution < -0.4 is 11.1 Å². The van der Waals surface area contributed by atoms with Crippen molar-refractivity contribution in [1.29, 1.82) is 0 Å². The number of hydrogen-bond donors (Lipinski definition) is 2. The van der Waals surface area contributed by atoms with Crippen LogP contribution in [0.15, 0.2) is 54.6 Å². The molecule has 0 aliphatic carbocycles. The van der Waals surface area contributed by atoms with Crippen LogP contribution in [0.3, 0.4) is 0 Å². The van der Waals surface area contributed by atoms with Gasteiger partial charge in [-0.2, -0.15) is 0 Å². The predicted octanol–water partition coefficient (Wildman–Crippen LogP) is 3.04. The van der Waals surface area contributed by atoms with E-state index >= 15 is 0 Å². The van der Waals surface area contributed by atoms with E-state index in [1.165, 1.54) is 6.08 Å². The SMILES string of the molecule is NC(=O)c1cc(I)ccc1NC(=O)/C=C/c1ccccc1. The lowest BCUT2D eigenvalue weighted by Gasteiger charge is -2.07. The number of carbonyl (C=O) groups is 2.